The third-order valence-corrected chi connectivity index (χ3v) is 4.65. The lowest BCUT2D eigenvalue weighted by molar-refractivity contribution is 0.102. The zero-order valence-corrected chi connectivity index (χ0v) is 13.4. The number of carbonyl (C=O) groups excluding carboxylic acids is 1. The fourth-order valence-corrected chi connectivity index (χ4v) is 3.23. The Hall–Kier alpha value is -2.61. The zero-order valence-electron chi connectivity index (χ0n) is 12.6. The highest BCUT2D eigenvalue weighted by atomic mass is 32.1. The lowest BCUT2D eigenvalue weighted by atomic mass is 10.1. The molecule has 1 aliphatic rings. The number of amides is 1. The Bertz CT molecular complexity index is 869. The van der Waals surface area contributed by atoms with Gasteiger partial charge in [0.15, 0.2) is 0 Å². The molecule has 1 amide bonds. The molecule has 0 bridgehead atoms. The van der Waals surface area contributed by atoms with Gasteiger partial charge in [-0.25, -0.2) is 9.37 Å². The van der Waals surface area contributed by atoms with E-state index >= 15 is 0 Å². The number of benzene rings is 1. The quantitative estimate of drug-likeness (QED) is 0.745. The molecule has 2 heterocycles. The second-order valence-electron chi connectivity index (χ2n) is 5.70. The molecule has 8 heteroatoms. The van der Waals surface area contributed by atoms with E-state index in [9.17, 15) is 9.18 Å². The summed E-state index contributed by atoms with van der Waals surface area (Å²) in [6.45, 7) is 0. The highest BCUT2D eigenvalue weighted by Gasteiger charge is 2.30. The van der Waals surface area contributed by atoms with Gasteiger partial charge >= 0.3 is 0 Å². The molecule has 6 nitrogen and oxygen atoms in total. The van der Waals surface area contributed by atoms with Gasteiger partial charge in [0.05, 0.1) is 11.2 Å². The van der Waals surface area contributed by atoms with Crippen LogP contribution in [-0.2, 0) is 6.42 Å². The summed E-state index contributed by atoms with van der Waals surface area (Å²) in [4.78, 5) is 21.5. The topological polar surface area (TPSA) is 83.6 Å². The number of rotatable bonds is 5. The van der Waals surface area contributed by atoms with E-state index in [0.717, 1.165) is 24.1 Å². The second-order valence-corrected chi connectivity index (χ2v) is 6.56. The molecule has 2 N–H and O–H groups in total. The molecule has 1 aliphatic carbocycles. The first-order valence-corrected chi connectivity index (χ1v) is 8.47. The van der Waals surface area contributed by atoms with Crippen molar-refractivity contribution in [1.82, 2.24) is 20.2 Å². The SMILES string of the molecule is O=C(Nc1n[nH]c(Cc2ccc(F)cc2)n1)c1scnc1C1CC1. The molecular weight excluding hydrogens is 329 g/mol. The van der Waals surface area contributed by atoms with Gasteiger partial charge in [0, 0.05) is 12.3 Å². The van der Waals surface area contributed by atoms with Crippen LogP contribution in [0.25, 0.3) is 0 Å². The fourth-order valence-electron chi connectivity index (χ4n) is 2.46. The molecule has 1 aromatic carbocycles. The zero-order chi connectivity index (χ0) is 16.5. The summed E-state index contributed by atoms with van der Waals surface area (Å²) in [5.41, 5.74) is 3.48. The normalized spacial score (nSPS) is 13.9. The number of halogens is 1. The Kier molecular flexibility index (Phi) is 3.81. The van der Waals surface area contributed by atoms with Gasteiger partial charge < -0.3 is 0 Å². The lowest BCUT2D eigenvalue weighted by Crippen LogP contribution is -2.13. The maximum Gasteiger partial charge on any atom is 0.270 e. The number of aromatic amines is 1. The number of aromatic nitrogens is 4. The average Bonchev–Trinajstić information content (AvgIpc) is 3.13. The van der Waals surface area contributed by atoms with E-state index in [-0.39, 0.29) is 17.7 Å². The predicted octanol–water partition coefficient (Wildman–Crippen LogP) is 3.12. The van der Waals surface area contributed by atoms with Crippen LogP contribution in [0.1, 0.15) is 45.5 Å². The molecule has 0 aliphatic heterocycles. The Balaban J connectivity index is 1.44. The molecule has 1 saturated carbocycles. The standard InChI is InChI=1S/C16H14FN5OS/c17-11-5-1-9(2-6-11)7-12-19-16(22-21-12)20-15(23)14-13(10-3-4-10)18-8-24-14/h1-2,5-6,8,10H,3-4,7H2,(H2,19,20,21,22,23). The van der Waals surface area contributed by atoms with Crippen molar-refractivity contribution in [2.75, 3.05) is 5.32 Å². The van der Waals surface area contributed by atoms with Crippen LogP contribution in [0.4, 0.5) is 10.3 Å². The second kappa shape index (κ2) is 6.12. The van der Waals surface area contributed by atoms with Crippen LogP contribution in [0.15, 0.2) is 29.8 Å². The van der Waals surface area contributed by atoms with E-state index < -0.39 is 0 Å². The molecule has 0 atom stereocenters. The minimum atomic E-state index is -0.278. The first-order valence-electron chi connectivity index (χ1n) is 7.59. The molecule has 24 heavy (non-hydrogen) atoms. The summed E-state index contributed by atoms with van der Waals surface area (Å²) < 4.78 is 12.9. The smallest absolute Gasteiger partial charge is 0.270 e. The van der Waals surface area contributed by atoms with Crippen LogP contribution >= 0.6 is 11.3 Å². The molecule has 4 rings (SSSR count). The van der Waals surface area contributed by atoms with Gasteiger partial charge in [-0.05, 0) is 30.5 Å². The molecule has 122 valence electrons. The summed E-state index contributed by atoms with van der Waals surface area (Å²) in [5, 5.41) is 9.50. The maximum absolute atomic E-state index is 12.9. The van der Waals surface area contributed by atoms with E-state index in [1.54, 1.807) is 17.6 Å². The Labute approximate surface area is 141 Å². The highest BCUT2D eigenvalue weighted by Crippen LogP contribution is 2.41. The summed E-state index contributed by atoms with van der Waals surface area (Å²) >= 11 is 1.33. The van der Waals surface area contributed by atoms with Gasteiger partial charge in [0.25, 0.3) is 5.91 Å². The summed E-state index contributed by atoms with van der Waals surface area (Å²) in [6.07, 6.45) is 2.66. The van der Waals surface area contributed by atoms with Crippen molar-refractivity contribution in [1.29, 1.82) is 0 Å². The first-order chi connectivity index (χ1) is 11.7. The number of nitrogens with zero attached hydrogens (tertiary/aromatic N) is 3. The largest absolute Gasteiger partial charge is 0.288 e. The fraction of sp³-hybridized carbons (Fsp3) is 0.250. The van der Waals surface area contributed by atoms with E-state index in [1.807, 2.05) is 0 Å². The molecule has 0 spiro atoms. The lowest BCUT2D eigenvalue weighted by Gasteiger charge is -2.00. The number of carbonyl (C=O) groups is 1. The average molecular weight is 343 g/mol. The monoisotopic (exact) mass is 343 g/mol. The van der Waals surface area contributed by atoms with Crippen molar-refractivity contribution in [2.45, 2.75) is 25.2 Å². The van der Waals surface area contributed by atoms with Crippen molar-refractivity contribution in [2.24, 2.45) is 0 Å². The maximum atomic E-state index is 12.9. The Morgan fingerprint density at radius 1 is 1.33 bits per heavy atom. The summed E-state index contributed by atoms with van der Waals surface area (Å²) in [5.74, 6) is 0.737. The first kappa shape index (κ1) is 14.9. The molecule has 0 radical (unpaired) electrons. The van der Waals surface area contributed by atoms with Crippen LogP contribution < -0.4 is 5.32 Å². The number of H-pyrrole nitrogens is 1. The van der Waals surface area contributed by atoms with E-state index in [0.29, 0.717) is 23.0 Å². The van der Waals surface area contributed by atoms with Gasteiger partial charge in [-0.1, -0.05) is 12.1 Å². The molecule has 3 aromatic rings. The van der Waals surface area contributed by atoms with Crippen molar-refractivity contribution >= 4 is 23.2 Å². The number of anilines is 1. The molecular formula is C16H14FN5OS. The third-order valence-electron chi connectivity index (χ3n) is 3.81. The number of hydrogen-bond acceptors (Lipinski definition) is 5. The van der Waals surface area contributed by atoms with Crippen LogP contribution in [0.3, 0.4) is 0 Å². The molecule has 0 unspecified atom stereocenters. The summed E-state index contributed by atoms with van der Waals surface area (Å²) in [6, 6.07) is 6.18. The van der Waals surface area contributed by atoms with Crippen molar-refractivity contribution in [3.05, 3.63) is 57.6 Å². The van der Waals surface area contributed by atoms with E-state index in [4.69, 9.17) is 0 Å². The molecule has 1 fully saturated rings. The van der Waals surface area contributed by atoms with Gasteiger partial charge in [-0.3, -0.25) is 15.2 Å². The number of nitrogens with one attached hydrogen (secondary N) is 2. The third kappa shape index (κ3) is 3.18. The molecule has 2 aromatic heterocycles. The van der Waals surface area contributed by atoms with Gasteiger partial charge in [0.2, 0.25) is 5.95 Å². The Morgan fingerprint density at radius 3 is 2.88 bits per heavy atom. The van der Waals surface area contributed by atoms with E-state index in [1.165, 1.54) is 23.5 Å². The van der Waals surface area contributed by atoms with E-state index in [2.05, 4.69) is 25.5 Å². The minimum Gasteiger partial charge on any atom is -0.288 e. The van der Waals surface area contributed by atoms with Crippen molar-refractivity contribution < 1.29 is 9.18 Å². The predicted molar refractivity (Wildman–Crippen MR) is 87.6 cm³/mol. The van der Waals surface area contributed by atoms with Crippen LogP contribution in [0, 0.1) is 5.82 Å². The van der Waals surface area contributed by atoms with Crippen LogP contribution in [-0.4, -0.2) is 26.1 Å². The number of thiazole rings is 1. The minimum absolute atomic E-state index is 0.229. The van der Waals surface area contributed by atoms with Gasteiger partial charge in [-0.15, -0.1) is 16.4 Å². The highest BCUT2D eigenvalue weighted by molar-refractivity contribution is 7.12. The molecule has 0 saturated heterocycles. The Morgan fingerprint density at radius 2 is 2.12 bits per heavy atom. The van der Waals surface area contributed by atoms with Gasteiger partial charge in [0.1, 0.15) is 16.5 Å². The van der Waals surface area contributed by atoms with Crippen molar-refractivity contribution in [3.63, 3.8) is 0 Å². The van der Waals surface area contributed by atoms with Crippen molar-refractivity contribution in [3.8, 4) is 0 Å². The number of hydrogen-bond donors (Lipinski definition) is 2. The van der Waals surface area contributed by atoms with Gasteiger partial charge in [-0.2, -0.15) is 4.98 Å². The summed E-state index contributed by atoms with van der Waals surface area (Å²) in [7, 11) is 0. The van der Waals surface area contributed by atoms with Crippen LogP contribution in [0.2, 0.25) is 0 Å². The van der Waals surface area contributed by atoms with Crippen LogP contribution in [0.5, 0.6) is 0 Å².